The highest BCUT2D eigenvalue weighted by atomic mass is 32.2. The molecule has 0 saturated carbocycles. The van der Waals surface area contributed by atoms with Gasteiger partial charge in [-0.05, 0) is 6.92 Å². The van der Waals surface area contributed by atoms with E-state index in [0.717, 1.165) is 30.2 Å². The second-order valence-electron chi connectivity index (χ2n) is 3.76. The van der Waals surface area contributed by atoms with Gasteiger partial charge in [0.15, 0.2) is 0 Å². The average Bonchev–Trinajstić information content (AvgIpc) is 2.17. The van der Waals surface area contributed by atoms with E-state index in [2.05, 4.69) is 15.3 Å². The first-order valence-electron chi connectivity index (χ1n) is 5.15. The zero-order chi connectivity index (χ0) is 10.7. The molecule has 1 atom stereocenters. The Morgan fingerprint density at radius 2 is 2.47 bits per heavy atom. The molecule has 82 valence electrons. The molecular formula is C10H16N4S. The van der Waals surface area contributed by atoms with Crippen LogP contribution in [0.4, 0.5) is 5.82 Å². The predicted molar refractivity (Wildman–Crippen MR) is 64.0 cm³/mol. The summed E-state index contributed by atoms with van der Waals surface area (Å²) in [6.07, 6.45) is 0.945. The van der Waals surface area contributed by atoms with Crippen molar-refractivity contribution in [2.24, 2.45) is 0 Å². The van der Waals surface area contributed by atoms with E-state index < -0.39 is 0 Å². The Labute approximate surface area is 94.1 Å². The van der Waals surface area contributed by atoms with Crippen LogP contribution in [0.25, 0.3) is 0 Å². The highest BCUT2D eigenvalue weighted by Gasteiger charge is 2.14. The van der Waals surface area contributed by atoms with Crippen molar-refractivity contribution >= 4 is 17.6 Å². The number of anilines is 1. The lowest BCUT2D eigenvalue weighted by Crippen LogP contribution is -2.39. The van der Waals surface area contributed by atoms with Crippen LogP contribution in [-0.2, 0) is 6.42 Å². The summed E-state index contributed by atoms with van der Waals surface area (Å²) in [5.74, 6) is 3.69. The van der Waals surface area contributed by atoms with E-state index in [1.54, 1.807) is 0 Å². The van der Waals surface area contributed by atoms with Crippen LogP contribution < -0.4 is 11.1 Å². The highest BCUT2D eigenvalue weighted by Crippen LogP contribution is 2.12. The molecule has 0 amide bonds. The second-order valence-corrected chi connectivity index (χ2v) is 4.91. The Hall–Kier alpha value is -0.810. The SMILES string of the molecule is Cc1nc(N)cc(CC2CSCCN2)n1. The van der Waals surface area contributed by atoms with Crippen molar-refractivity contribution in [3.63, 3.8) is 0 Å². The largest absolute Gasteiger partial charge is 0.384 e. The van der Waals surface area contributed by atoms with Crippen LogP contribution in [0, 0.1) is 6.92 Å². The number of aromatic nitrogens is 2. The Morgan fingerprint density at radius 1 is 1.60 bits per heavy atom. The van der Waals surface area contributed by atoms with Gasteiger partial charge in [-0.25, -0.2) is 9.97 Å². The fourth-order valence-electron chi connectivity index (χ4n) is 1.76. The molecule has 1 aromatic rings. The summed E-state index contributed by atoms with van der Waals surface area (Å²) in [7, 11) is 0. The summed E-state index contributed by atoms with van der Waals surface area (Å²) < 4.78 is 0. The van der Waals surface area contributed by atoms with Crippen LogP contribution in [0.5, 0.6) is 0 Å². The van der Waals surface area contributed by atoms with Gasteiger partial charge in [-0.1, -0.05) is 0 Å². The van der Waals surface area contributed by atoms with Crippen LogP contribution in [0.2, 0.25) is 0 Å². The summed E-state index contributed by atoms with van der Waals surface area (Å²) in [5, 5.41) is 3.48. The third-order valence-corrected chi connectivity index (χ3v) is 3.50. The van der Waals surface area contributed by atoms with Crippen molar-refractivity contribution < 1.29 is 0 Å². The van der Waals surface area contributed by atoms with Gasteiger partial charge in [-0.3, -0.25) is 0 Å². The molecule has 1 aliphatic rings. The van der Waals surface area contributed by atoms with Gasteiger partial charge in [0, 0.05) is 42.3 Å². The molecule has 2 rings (SSSR count). The molecule has 15 heavy (non-hydrogen) atoms. The number of nitrogen functional groups attached to an aromatic ring is 1. The standard InChI is InChI=1S/C10H16N4S/c1-7-13-8(5-10(11)14-7)4-9-6-15-3-2-12-9/h5,9,12H,2-4,6H2,1H3,(H2,11,13,14). The third kappa shape index (κ3) is 3.07. The topological polar surface area (TPSA) is 63.8 Å². The van der Waals surface area contributed by atoms with Crippen molar-refractivity contribution in [3.05, 3.63) is 17.6 Å². The lowest BCUT2D eigenvalue weighted by molar-refractivity contribution is 0.556. The normalized spacial score (nSPS) is 21.5. The summed E-state index contributed by atoms with van der Waals surface area (Å²) in [5.41, 5.74) is 6.73. The molecule has 5 heteroatoms. The number of nitrogens with zero attached hydrogens (tertiary/aromatic N) is 2. The summed E-state index contributed by atoms with van der Waals surface area (Å²) in [6, 6.07) is 2.39. The van der Waals surface area contributed by atoms with Crippen LogP contribution in [0.15, 0.2) is 6.07 Å². The van der Waals surface area contributed by atoms with Gasteiger partial charge < -0.3 is 11.1 Å². The van der Waals surface area contributed by atoms with Crippen molar-refractivity contribution in [3.8, 4) is 0 Å². The molecule has 0 bridgehead atoms. The maximum Gasteiger partial charge on any atom is 0.127 e. The monoisotopic (exact) mass is 224 g/mol. The van der Waals surface area contributed by atoms with E-state index in [1.807, 2.05) is 24.8 Å². The minimum Gasteiger partial charge on any atom is -0.384 e. The van der Waals surface area contributed by atoms with E-state index in [4.69, 9.17) is 5.73 Å². The van der Waals surface area contributed by atoms with E-state index >= 15 is 0 Å². The fourth-order valence-corrected chi connectivity index (χ4v) is 2.71. The summed E-state index contributed by atoms with van der Waals surface area (Å²) in [4.78, 5) is 8.46. The minimum absolute atomic E-state index is 0.525. The second kappa shape index (κ2) is 4.81. The van der Waals surface area contributed by atoms with Gasteiger partial charge in [0.25, 0.3) is 0 Å². The molecule has 0 radical (unpaired) electrons. The molecule has 1 saturated heterocycles. The van der Waals surface area contributed by atoms with Crippen LogP contribution in [0.1, 0.15) is 11.5 Å². The Kier molecular flexibility index (Phi) is 3.43. The first-order chi connectivity index (χ1) is 7.24. The van der Waals surface area contributed by atoms with Crippen molar-refractivity contribution in [1.82, 2.24) is 15.3 Å². The van der Waals surface area contributed by atoms with Gasteiger partial charge in [-0.2, -0.15) is 11.8 Å². The van der Waals surface area contributed by atoms with Gasteiger partial charge in [0.1, 0.15) is 11.6 Å². The smallest absolute Gasteiger partial charge is 0.127 e. The molecule has 1 aliphatic heterocycles. The van der Waals surface area contributed by atoms with E-state index in [0.29, 0.717) is 11.9 Å². The molecule has 1 fully saturated rings. The van der Waals surface area contributed by atoms with Gasteiger partial charge in [-0.15, -0.1) is 0 Å². The van der Waals surface area contributed by atoms with Crippen molar-refractivity contribution in [2.45, 2.75) is 19.4 Å². The van der Waals surface area contributed by atoms with Gasteiger partial charge in [0.2, 0.25) is 0 Å². The van der Waals surface area contributed by atoms with E-state index in [-0.39, 0.29) is 0 Å². The van der Waals surface area contributed by atoms with Crippen LogP contribution in [0.3, 0.4) is 0 Å². The van der Waals surface area contributed by atoms with Crippen LogP contribution in [-0.4, -0.2) is 34.1 Å². The molecule has 0 spiro atoms. The fraction of sp³-hybridized carbons (Fsp3) is 0.600. The molecule has 0 aliphatic carbocycles. The maximum absolute atomic E-state index is 5.69. The molecule has 0 aromatic carbocycles. The number of aryl methyl sites for hydroxylation is 1. The predicted octanol–water partition coefficient (Wildman–Crippen LogP) is 0.615. The summed E-state index contributed by atoms with van der Waals surface area (Å²) >= 11 is 1.99. The quantitative estimate of drug-likeness (QED) is 0.771. The Morgan fingerprint density at radius 3 is 3.13 bits per heavy atom. The maximum atomic E-state index is 5.69. The first-order valence-corrected chi connectivity index (χ1v) is 6.30. The molecule has 3 N–H and O–H groups in total. The lowest BCUT2D eigenvalue weighted by Gasteiger charge is -2.22. The third-order valence-electron chi connectivity index (χ3n) is 2.36. The Balaban J connectivity index is 2.02. The van der Waals surface area contributed by atoms with Crippen LogP contribution >= 0.6 is 11.8 Å². The number of rotatable bonds is 2. The lowest BCUT2D eigenvalue weighted by atomic mass is 10.1. The zero-order valence-corrected chi connectivity index (χ0v) is 9.68. The minimum atomic E-state index is 0.525. The van der Waals surface area contributed by atoms with E-state index in [1.165, 1.54) is 5.75 Å². The van der Waals surface area contributed by atoms with Crippen molar-refractivity contribution in [2.75, 3.05) is 23.8 Å². The number of hydrogen-bond donors (Lipinski definition) is 2. The number of thioether (sulfide) groups is 1. The summed E-state index contributed by atoms with van der Waals surface area (Å²) in [6.45, 7) is 2.97. The molecule has 4 nitrogen and oxygen atoms in total. The molecular weight excluding hydrogens is 208 g/mol. The highest BCUT2D eigenvalue weighted by molar-refractivity contribution is 7.99. The first kappa shape index (κ1) is 10.7. The number of nitrogens with one attached hydrogen (secondary N) is 1. The average molecular weight is 224 g/mol. The van der Waals surface area contributed by atoms with E-state index in [9.17, 15) is 0 Å². The van der Waals surface area contributed by atoms with Crippen molar-refractivity contribution in [1.29, 1.82) is 0 Å². The van der Waals surface area contributed by atoms with Gasteiger partial charge in [0.05, 0.1) is 0 Å². The number of hydrogen-bond acceptors (Lipinski definition) is 5. The molecule has 1 unspecified atom stereocenters. The Bertz CT molecular complexity index is 316. The zero-order valence-electron chi connectivity index (χ0n) is 8.86. The molecule has 2 heterocycles. The van der Waals surface area contributed by atoms with Gasteiger partial charge >= 0.3 is 0 Å². The molecule has 1 aromatic heterocycles. The number of nitrogens with two attached hydrogens (primary N) is 1.